The van der Waals surface area contributed by atoms with Gasteiger partial charge in [0.05, 0.1) is 16.8 Å². The molecule has 1 amide bonds. The lowest BCUT2D eigenvalue weighted by Crippen LogP contribution is -2.16. The van der Waals surface area contributed by atoms with Crippen LogP contribution in [0, 0.1) is 0 Å². The molecule has 110 valence electrons. The zero-order valence-electron chi connectivity index (χ0n) is 10.7. The quantitative estimate of drug-likeness (QED) is 0.822. The van der Waals surface area contributed by atoms with Crippen molar-refractivity contribution in [3.63, 3.8) is 0 Å². The summed E-state index contributed by atoms with van der Waals surface area (Å²) in [5.41, 5.74) is 1.20. The van der Waals surface area contributed by atoms with Crippen LogP contribution in [-0.4, -0.2) is 43.8 Å². The van der Waals surface area contributed by atoms with Gasteiger partial charge in [0.15, 0.2) is 10.8 Å². The molecule has 0 aromatic carbocycles. The van der Waals surface area contributed by atoms with Gasteiger partial charge in [-0.05, 0) is 6.07 Å². The lowest BCUT2D eigenvalue weighted by Gasteiger charge is -2.13. The first kappa shape index (κ1) is 14.2. The number of thioether (sulfide) groups is 1. The first-order valence-corrected chi connectivity index (χ1v) is 7.55. The number of hydrogen-bond donors (Lipinski definition) is 2. The molecule has 2 aromatic rings. The summed E-state index contributed by atoms with van der Waals surface area (Å²) in [6.07, 6.45) is 1.84. The van der Waals surface area contributed by atoms with Gasteiger partial charge < -0.3 is 10.4 Å². The number of amides is 1. The Labute approximate surface area is 128 Å². The molecule has 3 rings (SSSR count). The van der Waals surface area contributed by atoms with Crippen molar-refractivity contribution < 1.29 is 14.7 Å². The van der Waals surface area contributed by atoms with Crippen molar-refractivity contribution in [1.82, 2.24) is 19.9 Å². The van der Waals surface area contributed by atoms with E-state index in [9.17, 15) is 9.59 Å². The fourth-order valence-corrected chi connectivity index (χ4v) is 3.21. The van der Waals surface area contributed by atoms with Crippen LogP contribution in [0.5, 0.6) is 0 Å². The van der Waals surface area contributed by atoms with E-state index in [0.717, 1.165) is 11.8 Å². The number of rotatable bonds is 4. The number of fused-ring (bicyclic) bond motifs is 1. The molecule has 9 heteroatoms. The number of carbonyl (C=O) groups excluding carboxylic acids is 1. The molecular formula is C12H11ClN4O3S. The van der Waals surface area contributed by atoms with E-state index in [4.69, 9.17) is 16.7 Å². The Morgan fingerprint density at radius 3 is 3.10 bits per heavy atom. The van der Waals surface area contributed by atoms with Crippen LogP contribution in [-0.2, 0) is 9.59 Å². The van der Waals surface area contributed by atoms with Gasteiger partial charge >= 0.3 is 5.97 Å². The summed E-state index contributed by atoms with van der Waals surface area (Å²) in [5.74, 6) is -1.07. The average Bonchev–Trinajstić information content (AvgIpc) is 2.98. The van der Waals surface area contributed by atoms with E-state index in [2.05, 4.69) is 15.3 Å². The lowest BCUT2D eigenvalue weighted by atomic mass is 10.2. The average molecular weight is 327 g/mol. The van der Waals surface area contributed by atoms with Crippen molar-refractivity contribution in [2.45, 2.75) is 17.6 Å². The molecule has 2 aromatic heterocycles. The summed E-state index contributed by atoms with van der Waals surface area (Å²) in [6.45, 7) is 0.481. The van der Waals surface area contributed by atoms with Gasteiger partial charge in [-0.3, -0.25) is 14.2 Å². The number of hydrogen-bond acceptors (Lipinski definition) is 5. The summed E-state index contributed by atoms with van der Waals surface area (Å²) in [4.78, 5) is 30.9. The number of carboxylic acid groups (broad SMARTS) is 1. The third-order valence-electron chi connectivity index (χ3n) is 3.11. The van der Waals surface area contributed by atoms with E-state index < -0.39 is 5.97 Å². The number of carbonyl (C=O) groups is 2. The minimum atomic E-state index is -0.926. The fourth-order valence-electron chi connectivity index (χ4n) is 2.27. The molecular weight excluding hydrogens is 316 g/mol. The van der Waals surface area contributed by atoms with E-state index in [1.54, 1.807) is 6.07 Å². The van der Waals surface area contributed by atoms with Crippen LogP contribution in [0.1, 0.15) is 12.5 Å². The van der Waals surface area contributed by atoms with E-state index >= 15 is 0 Å². The predicted molar refractivity (Wildman–Crippen MR) is 77.6 cm³/mol. The molecule has 1 atom stereocenters. The van der Waals surface area contributed by atoms with Gasteiger partial charge in [-0.15, -0.1) is 0 Å². The Hall–Kier alpha value is -1.80. The molecule has 7 nitrogen and oxygen atoms in total. The number of nitrogens with zero attached hydrogens (tertiary/aromatic N) is 3. The minimum absolute atomic E-state index is 0.0370. The van der Waals surface area contributed by atoms with E-state index in [0.29, 0.717) is 34.3 Å². The number of imidazole rings is 1. The van der Waals surface area contributed by atoms with Crippen LogP contribution < -0.4 is 5.32 Å². The minimum Gasteiger partial charge on any atom is -0.481 e. The first-order chi connectivity index (χ1) is 10.0. The van der Waals surface area contributed by atoms with Gasteiger partial charge in [-0.25, -0.2) is 9.97 Å². The maximum Gasteiger partial charge on any atom is 0.313 e. The molecule has 1 aliphatic heterocycles. The van der Waals surface area contributed by atoms with Gasteiger partial charge in [-0.2, -0.15) is 0 Å². The third kappa shape index (κ3) is 2.81. The standard InChI is InChI=1S/C12H11ClN4O3S/c13-6-1-8-11(15-3-6)17(7-2-9(18)14-4-7)12(16-8)21-5-10(19)20/h1,3,7H,2,4-5H2,(H,14,18)(H,19,20). The Bertz CT molecular complexity index is 733. The van der Waals surface area contributed by atoms with Crippen LogP contribution in [0.15, 0.2) is 17.4 Å². The number of pyridine rings is 1. The van der Waals surface area contributed by atoms with Gasteiger partial charge in [0.25, 0.3) is 0 Å². The van der Waals surface area contributed by atoms with Gasteiger partial charge in [0, 0.05) is 19.2 Å². The number of aliphatic carboxylic acids is 1. The molecule has 1 fully saturated rings. The maximum absolute atomic E-state index is 11.4. The summed E-state index contributed by atoms with van der Waals surface area (Å²) in [6, 6.07) is 1.56. The molecule has 0 spiro atoms. The van der Waals surface area contributed by atoms with E-state index in [1.165, 1.54) is 6.20 Å². The number of carboxylic acids is 1. The van der Waals surface area contributed by atoms with Gasteiger partial charge in [0.1, 0.15) is 5.52 Å². The zero-order chi connectivity index (χ0) is 15.0. The topological polar surface area (TPSA) is 97.1 Å². The second-order valence-corrected chi connectivity index (χ2v) is 5.98. The Morgan fingerprint density at radius 1 is 1.62 bits per heavy atom. The van der Waals surface area contributed by atoms with Crippen molar-refractivity contribution >= 4 is 46.4 Å². The van der Waals surface area contributed by atoms with Crippen LogP contribution in [0.25, 0.3) is 11.2 Å². The first-order valence-electron chi connectivity index (χ1n) is 6.19. The highest BCUT2D eigenvalue weighted by Crippen LogP contribution is 2.30. The van der Waals surface area contributed by atoms with Crippen LogP contribution in [0.3, 0.4) is 0 Å². The molecule has 2 N–H and O–H groups in total. The van der Waals surface area contributed by atoms with Crippen LogP contribution in [0.2, 0.25) is 5.02 Å². The molecule has 0 saturated carbocycles. The molecule has 0 bridgehead atoms. The van der Waals surface area contributed by atoms with Crippen LogP contribution >= 0.6 is 23.4 Å². The fraction of sp³-hybridized carbons (Fsp3) is 0.333. The molecule has 1 saturated heterocycles. The zero-order valence-corrected chi connectivity index (χ0v) is 12.3. The maximum atomic E-state index is 11.4. The van der Waals surface area contributed by atoms with E-state index in [1.807, 2.05) is 4.57 Å². The van der Waals surface area contributed by atoms with Crippen molar-refractivity contribution in [3.8, 4) is 0 Å². The highest BCUT2D eigenvalue weighted by molar-refractivity contribution is 7.99. The molecule has 0 aliphatic carbocycles. The molecule has 1 unspecified atom stereocenters. The summed E-state index contributed by atoms with van der Waals surface area (Å²) >= 11 is 7.02. The number of aromatic nitrogens is 3. The normalized spacial score (nSPS) is 18.1. The number of nitrogens with one attached hydrogen (secondary N) is 1. The van der Waals surface area contributed by atoms with Crippen molar-refractivity contribution in [1.29, 1.82) is 0 Å². The monoisotopic (exact) mass is 326 g/mol. The smallest absolute Gasteiger partial charge is 0.313 e. The second-order valence-electron chi connectivity index (χ2n) is 4.61. The summed E-state index contributed by atoms with van der Waals surface area (Å²) in [7, 11) is 0. The highest BCUT2D eigenvalue weighted by Gasteiger charge is 2.28. The lowest BCUT2D eigenvalue weighted by molar-refractivity contribution is -0.134. The number of halogens is 1. The Kier molecular flexibility index (Phi) is 3.73. The summed E-state index contributed by atoms with van der Waals surface area (Å²) < 4.78 is 1.82. The molecule has 0 radical (unpaired) electrons. The third-order valence-corrected chi connectivity index (χ3v) is 4.25. The van der Waals surface area contributed by atoms with Crippen molar-refractivity contribution in [2.24, 2.45) is 0 Å². The predicted octanol–water partition coefficient (Wildman–Crippen LogP) is 1.32. The SMILES string of the molecule is O=C(O)CSc1nc2cc(Cl)cnc2n1C1CNC(=O)C1. The Balaban J connectivity index is 2.06. The van der Waals surface area contributed by atoms with E-state index in [-0.39, 0.29) is 17.7 Å². The Morgan fingerprint density at radius 2 is 2.43 bits per heavy atom. The molecule has 3 heterocycles. The van der Waals surface area contributed by atoms with Gasteiger partial charge in [-0.1, -0.05) is 23.4 Å². The van der Waals surface area contributed by atoms with Crippen molar-refractivity contribution in [2.75, 3.05) is 12.3 Å². The molecule has 1 aliphatic rings. The molecule has 21 heavy (non-hydrogen) atoms. The van der Waals surface area contributed by atoms with Crippen LogP contribution in [0.4, 0.5) is 0 Å². The second kappa shape index (κ2) is 5.53. The van der Waals surface area contributed by atoms with Gasteiger partial charge in [0.2, 0.25) is 5.91 Å². The van der Waals surface area contributed by atoms with Crippen molar-refractivity contribution in [3.05, 3.63) is 17.3 Å². The highest BCUT2D eigenvalue weighted by atomic mass is 35.5. The largest absolute Gasteiger partial charge is 0.481 e. The summed E-state index contributed by atoms with van der Waals surface area (Å²) in [5, 5.41) is 12.6.